The highest BCUT2D eigenvalue weighted by Crippen LogP contribution is 2.24. The molecule has 2 aromatic carbocycles. The van der Waals surface area contributed by atoms with Gasteiger partial charge in [0.1, 0.15) is 11.6 Å². The molecule has 0 spiro atoms. The Balaban J connectivity index is 2.05. The van der Waals surface area contributed by atoms with Crippen LogP contribution in [0.2, 0.25) is 0 Å². The highest BCUT2D eigenvalue weighted by atomic mass is 19.1. The van der Waals surface area contributed by atoms with Gasteiger partial charge < -0.3 is 0 Å². The SMILES string of the molecule is Cc1nc(-c2cc(F)cc(F)c2)cnc1-c1ccccc1. The van der Waals surface area contributed by atoms with Crippen molar-refractivity contribution in [3.05, 3.63) is 72.1 Å². The lowest BCUT2D eigenvalue weighted by atomic mass is 10.1. The molecule has 0 bridgehead atoms. The smallest absolute Gasteiger partial charge is 0.126 e. The van der Waals surface area contributed by atoms with Gasteiger partial charge in [-0.25, -0.2) is 13.8 Å². The van der Waals surface area contributed by atoms with Gasteiger partial charge in [-0.1, -0.05) is 30.3 Å². The third-order valence-corrected chi connectivity index (χ3v) is 3.15. The third-order valence-electron chi connectivity index (χ3n) is 3.15. The summed E-state index contributed by atoms with van der Waals surface area (Å²) in [6, 6.07) is 13.0. The van der Waals surface area contributed by atoms with Crippen molar-refractivity contribution in [1.29, 1.82) is 0 Å². The molecule has 4 heteroatoms. The number of halogens is 2. The van der Waals surface area contributed by atoms with E-state index in [1.165, 1.54) is 18.3 Å². The van der Waals surface area contributed by atoms with Gasteiger partial charge in [-0.3, -0.25) is 4.98 Å². The average molecular weight is 282 g/mol. The summed E-state index contributed by atoms with van der Waals surface area (Å²) in [5.41, 5.74) is 3.26. The molecule has 0 amide bonds. The van der Waals surface area contributed by atoms with E-state index in [2.05, 4.69) is 9.97 Å². The first-order valence-corrected chi connectivity index (χ1v) is 6.49. The van der Waals surface area contributed by atoms with Crippen LogP contribution in [0, 0.1) is 18.6 Å². The standard InChI is InChI=1S/C17H12F2N2/c1-11-17(12-5-3-2-4-6-12)20-10-16(21-11)13-7-14(18)9-15(19)8-13/h2-10H,1H3. The summed E-state index contributed by atoms with van der Waals surface area (Å²) in [7, 11) is 0. The Labute approximate surface area is 121 Å². The predicted molar refractivity (Wildman–Crippen MR) is 77.6 cm³/mol. The number of aromatic nitrogens is 2. The number of aryl methyl sites for hydroxylation is 1. The summed E-state index contributed by atoms with van der Waals surface area (Å²) in [6.07, 6.45) is 1.53. The van der Waals surface area contributed by atoms with Gasteiger partial charge in [-0.05, 0) is 19.1 Å². The Kier molecular flexibility index (Phi) is 3.44. The molecule has 0 aliphatic rings. The molecule has 0 atom stereocenters. The molecule has 3 rings (SSSR count). The first-order chi connectivity index (χ1) is 10.1. The topological polar surface area (TPSA) is 25.8 Å². The van der Waals surface area contributed by atoms with Crippen LogP contribution < -0.4 is 0 Å². The van der Waals surface area contributed by atoms with Crippen LogP contribution in [-0.2, 0) is 0 Å². The van der Waals surface area contributed by atoms with Gasteiger partial charge in [0.25, 0.3) is 0 Å². The monoisotopic (exact) mass is 282 g/mol. The van der Waals surface area contributed by atoms with Crippen LogP contribution in [0.5, 0.6) is 0 Å². The number of nitrogens with zero attached hydrogens (tertiary/aromatic N) is 2. The van der Waals surface area contributed by atoms with E-state index in [9.17, 15) is 8.78 Å². The van der Waals surface area contributed by atoms with Gasteiger partial charge in [0, 0.05) is 17.2 Å². The largest absolute Gasteiger partial charge is 0.252 e. The maximum absolute atomic E-state index is 13.3. The van der Waals surface area contributed by atoms with Crippen molar-refractivity contribution in [2.24, 2.45) is 0 Å². The second kappa shape index (κ2) is 5.40. The zero-order chi connectivity index (χ0) is 14.8. The fourth-order valence-corrected chi connectivity index (χ4v) is 2.20. The molecule has 0 unspecified atom stereocenters. The minimum absolute atomic E-state index is 0.378. The van der Waals surface area contributed by atoms with Crippen molar-refractivity contribution in [2.75, 3.05) is 0 Å². The Morgan fingerprint density at radius 1 is 0.857 bits per heavy atom. The lowest BCUT2D eigenvalue weighted by Gasteiger charge is -2.07. The highest BCUT2D eigenvalue weighted by Gasteiger charge is 2.09. The molecule has 3 aromatic rings. The summed E-state index contributed by atoms with van der Waals surface area (Å²) in [5, 5.41) is 0. The summed E-state index contributed by atoms with van der Waals surface area (Å²) < 4.78 is 26.5. The third kappa shape index (κ3) is 2.79. The zero-order valence-electron chi connectivity index (χ0n) is 11.3. The zero-order valence-corrected chi connectivity index (χ0v) is 11.3. The molecular formula is C17H12F2N2. The first kappa shape index (κ1) is 13.4. The molecular weight excluding hydrogens is 270 g/mol. The molecule has 0 saturated heterocycles. The summed E-state index contributed by atoms with van der Waals surface area (Å²) in [4.78, 5) is 8.78. The summed E-state index contributed by atoms with van der Waals surface area (Å²) in [5.74, 6) is -1.26. The van der Waals surface area contributed by atoms with Crippen molar-refractivity contribution in [3.63, 3.8) is 0 Å². The maximum Gasteiger partial charge on any atom is 0.126 e. The number of hydrogen-bond acceptors (Lipinski definition) is 2. The van der Waals surface area contributed by atoms with Crippen LogP contribution in [0.3, 0.4) is 0 Å². The van der Waals surface area contributed by atoms with Gasteiger partial charge in [0.15, 0.2) is 0 Å². The Morgan fingerprint density at radius 2 is 1.52 bits per heavy atom. The van der Waals surface area contributed by atoms with E-state index in [4.69, 9.17) is 0 Å². The average Bonchev–Trinajstić information content (AvgIpc) is 2.47. The number of rotatable bonds is 2. The van der Waals surface area contributed by atoms with E-state index in [1.807, 2.05) is 37.3 Å². The normalized spacial score (nSPS) is 10.6. The van der Waals surface area contributed by atoms with Crippen LogP contribution in [0.15, 0.2) is 54.7 Å². The van der Waals surface area contributed by atoms with Gasteiger partial charge in [-0.15, -0.1) is 0 Å². The molecule has 0 saturated carbocycles. The molecule has 0 N–H and O–H groups in total. The van der Waals surface area contributed by atoms with E-state index in [0.29, 0.717) is 17.0 Å². The first-order valence-electron chi connectivity index (χ1n) is 6.49. The highest BCUT2D eigenvalue weighted by molar-refractivity contribution is 5.65. The number of hydrogen-bond donors (Lipinski definition) is 0. The maximum atomic E-state index is 13.3. The number of benzene rings is 2. The van der Waals surface area contributed by atoms with Gasteiger partial charge >= 0.3 is 0 Å². The van der Waals surface area contributed by atoms with E-state index in [-0.39, 0.29) is 0 Å². The predicted octanol–water partition coefficient (Wildman–Crippen LogP) is 4.40. The molecule has 0 aliphatic heterocycles. The van der Waals surface area contributed by atoms with E-state index in [1.54, 1.807) is 0 Å². The summed E-state index contributed by atoms with van der Waals surface area (Å²) in [6.45, 7) is 1.83. The quantitative estimate of drug-likeness (QED) is 0.696. The summed E-state index contributed by atoms with van der Waals surface area (Å²) >= 11 is 0. The Morgan fingerprint density at radius 3 is 2.14 bits per heavy atom. The second-order valence-corrected chi connectivity index (χ2v) is 4.71. The van der Waals surface area contributed by atoms with Crippen molar-refractivity contribution in [1.82, 2.24) is 9.97 Å². The Hall–Kier alpha value is -2.62. The molecule has 104 valence electrons. The van der Waals surface area contributed by atoms with Crippen molar-refractivity contribution in [3.8, 4) is 22.5 Å². The van der Waals surface area contributed by atoms with Crippen molar-refractivity contribution >= 4 is 0 Å². The fraction of sp³-hybridized carbons (Fsp3) is 0.0588. The molecule has 0 radical (unpaired) electrons. The molecule has 0 aliphatic carbocycles. The van der Waals surface area contributed by atoms with Crippen molar-refractivity contribution < 1.29 is 8.78 Å². The van der Waals surface area contributed by atoms with Crippen LogP contribution in [-0.4, -0.2) is 9.97 Å². The van der Waals surface area contributed by atoms with Crippen LogP contribution in [0.4, 0.5) is 8.78 Å². The fourth-order valence-electron chi connectivity index (χ4n) is 2.20. The van der Waals surface area contributed by atoms with Gasteiger partial charge in [0.05, 0.1) is 23.3 Å². The Bertz CT molecular complexity index is 766. The molecule has 2 nitrogen and oxygen atoms in total. The lowest BCUT2D eigenvalue weighted by Crippen LogP contribution is -1.95. The molecule has 0 fully saturated rings. The van der Waals surface area contributed by atoms with Crippen LogP contribution >= 0.6 is 0 Å². The van der Waals surface area contributed by atoms with Crippen LogP contribution in [0.25, 0.3) is 22.5 Å². The molecule has 1 heterocycles. The molecule has 21 heavy (non-hydrogen) atoms. The van der Waals surface area contributed by atoms with E-state index >= 15 is 0 Å². The van der Waals surface area contributed by atoms with E-state index in [0.717, 1.165) is 17.3 Å². The van der Waals surface area contributed by atoms with Crippen LogP contribution in [0.1, 0.15) is 5.69 Å². The van der Waals surface area contributed by atoms with E-state index < -0.39 is 11.6 Å². The lowest BCUT2D eigenvalue weighted by molar-refractivity contribution is 0.584. The minimum Gasteiger partial charge on any atom is -0.252 e. The molecule has 1 aromatic heterocycles. The van der Waals surface area contributed by atoms with Gasteiger partial charge in [-0.2, -0.15) is 0 Å². The van der Waals surface area contributed by atoms with Gasteiger partial charge in [0.2, 0.25) is 0 Å². The van der Waals surface area contributed by atoms with Crippen molar-refractivity contribution in [2.45, 2.75) is 6.92 Å². The minimum atomic E-state index is -0.628. The second-order valence-electron chi connectivity index (χ2n) is 4.71.